The molecule has 0 radical (unpaired) electrons. The predicted molar refractivity (Wildman–Crippen MR) is 70.5 cm³/mol. The SMILES string of the molecule is CC(N)c1cccc(F)c1Oc1ccc(Cl)cc1. The molecule has 0 bridgehead atoms. The van der Waals surface area contributed by atoms with Gasteiger partial charge >= 0.3 is 0 Å². The van der Waals surface area contributed by atoms with Gasteiger partial charge in [-0.15, -0.1) is 0 Å². The van der Waals surface area contributed by atoms with Gasteiger partial charge in [0, 0.05) is 16.6 Å². The number of benzene rings is 2. The zero-order valence-electron chi connectivity index (χ0n) is 9.86. The minimum atomic E-state index is -0.431. The summed E-state index contributed by atoms with van der Waals surface area (Å²) in [5.74, 6) is 0.251. The van der Waals surface area contributed by atoms with Crippen molar-refractivity contribution in [3.8, 4) is 11.5 Å². The number of rotatable bonds is 3. The molecule has 4 heteroatoms. The van der Waals surface area contributed by atoms with Crippen LogP contribution in [0.25, 0.3) is 0 Å². The van der Waals surface area contributed by atoms with E-state index in [0.29, 0.717) is 16.3 Å². The number of hydrogen-bond donors (Lipinski definition) is 1. The lowest BCUT2D eigenvalue weighted by Crippen LogP contribution is -2.07. The first-order valence-electron chi connectivity index (χ1n) is 5.55. The second kappa shape index (κ2) is 5.38. The molecular formula is C14H13ClFNO. The molecule has 0 spiro atoms. The van der Waals surface area contributed by atoms with Gasteiger partial charge in [0.25, 0.3) is 0 Å². The van der Waals surface area contributed by atoms with E-state index in [2.05, 4.69) is 0 Å². The van der Waals surface area contributed by atoms with Crippen molar-refractivity contribution in [2.45, 2.75) is 13.0 Å². The van der Waals surface area contributed by atoms with Crippen molar-refractivity contribution in [3.63, 3.8) is 0 Å². The molecule has 0 saturated carbocycles. The van der Waals surface area contributed by atoms with Crippen molar-refractivity contribution in [2.75, 3.05) is 0 Å². The monoisotopic (exact) mass is 265 g/mol. The molecule has 0 aliphatic rings. The number of nitrogens with two attached hydrogens (primary N) is 1. The number of hydrogen-bond acceptors (Lipinski definition) is 2. The van der Waals surface area contributed by atoms with E-state index >= 15 is 0 Å². The Morgan fingerprint density at radius 1 is 1.17 bits per heavy atom. The zero-order valence-corrected chi connectivity index (χ0v) is 10.6. The van der Waals surface area contributed by atoms with Crippen LogP contribution in [0.2, 0.25) is 5.02 Å². The first-order chi connectivity index (χ1) is 8.58. The average molecular weight is 266 g/mol. The molecule has 0 aliphatic heterocycles. The van der Waals surface area contributed by atoms with Gasteiger partial charge in [0.1, 0.15) is 5.75 Å². The molecule has 2 aromatic rings. The molecule has 18 heavy (non-hydrogen) atoms. The van der Waals surface area contributed by atoms with Crippen LogP contribution in [-0.4, -0.2) is 0 Å². The van der Waals surface area contributed by atoms with Crippen LogP contribution in [0, 0.1) is 5.82 Å². The molecule has 0 saturated heterocycles. The Morgan fingerprint density at radius 3 is 2.44 bits per heavy atom. The van der Waals surface area contributed by atoms with Crippen molar-refractivity contribution in [1.29, 1.82) is 0 Å². The molecule has 2 aromatic carbocycles. The molecular weight excluding hydrogens is 253 g/mol. The van der Waals surface area contributed by atoms with Crippen LogP contribution in [0.1, 0.15) is 18.5 Å². The molecule has 1 atom stereocenters. The summed E-state index contributed by atoms with van der Waals surface area (Å²) in [6.07, 6.45) is 0. The third-order valence-corrected chi connectivity index (χ3v) is 2.77. The largest absolute Gasteiger partial charge is 0.454 e. The number of ether oxygens (including phenoxy) is 1. The summed E-state index contributed by atoms with van der Waals surface area (Å²) < 4.78 is 19.3. The van der Waals surface area contributed by atoms with E-state index in [-0.39, 0.29) is 11.8 Å². The van der Waals surface area contributed by atoms with E-state index in [1.165, 1.54) is 6.07 Å². The summed E-state index contributed by atoms with van der Waals surface area (Å²) >= 11 is 5.78. The summed E-state index contributed by atoms with van der Waals surface area (Å²) in [7, 11) is 0. The lowest BCUT2D eigenvalue weighted by atomic mass is 10.1. The van der Waals surface area contributed by atoms with E-state index in [4.69, 9.17) is 22.1 Å². The third-order valence-electron chi connectivity index (χ3n) is 2.52. The second-order valence-electron chi connectivity index (χ2n) is 4.00. The van der Waals surface area contributed by atoms with Crippen molar-refractivity contribution < 1.29 is 9.13 Å². The normalized spacial score (nSPS) is 12.2. The Bertz CT molecular complexity index is 540. The van der Waals surface area contributed by atoms with E-state index in [9.17, 15) is 4.39 Å². The summed E-state index contributed by atoms with van der Waals surface area (Å²) in [5, 5.41) is 0.600. The minimum Gasteiger partial charge on any atom is -0.454 e. The molecule has 0 amide bonds. The van der Waals surface area contributed by atoms with Crippen LogP contribution in [-0.2, 0) is 0 Å². The van der Waals surface area contributed by atoms with Crippen LogP contribution in [0.3, 0.4) is 0 Å². The Kier molecular flexibility index (Phi) is 3.84. The van der Waals surface area contributed by atoms with Crippen molar-refractivity contribution in [3.05, 3.63) is 58.9 Å². The summed E-state index contributed by atoms with van der Waals surface area (Å²) in [6.45, 7) is 1.78. The topological polar surface area (TPSA) is 35.2 Å². The van der Waals surface area contributed by atoms with E-state index in [0.717, 1.165) is 0 Å². The minimum absolute atomic E-state index is 0.162. The smallest absolute Gasteiger partial charge is 0.167 e. The van der Waals surface area contributed by atoms with Gasteiger partial charge in [-0.25, -0.2) is 4.39 Å². The maximum Gasteiger partial charge on any atom is 0.167 e. The van der Waals surface area contributed by atoms with E-state index in [1.54, 1.807) is 43.3 Å². The molecule has 1 unspecified atom stereocenters. The lowest BCUT2D eigenvalue weighted by Gasteiger charge is -2.14. The highest BCUT2D eigenvalue weighted by atomic mass is 35.5. The zero-order chi connectivity index (χ0) is 13.1. The second-order valence-corrected chi connectivity index (χ2v) is 4.44. The molecule has 0 heterocycles. The predicted octanol–water partition coefficient (Wildman–Crippen LogP) is 4.29. The van der Waals surface area contributed by atoms with Gasteiger partial charge in [0.15, 0.2) is 11.6 Å². The molecule has 0 aromatic heterocycles. The Morgan fingerprint density at radius 2 is 1.83 bits per heavy atom. The van der Waals surface area contributed by atoms with Gasteiger partial charge in [0.05, 0.1) is 0 Å². The van der Waals surface area contributed by atoms with Crippen molar-refractivity contribution in [2.24, 2.45) is 5.73 Å². The quantitative estimate of drug-likeness (QED) is 0.898. The fourth-order valence-electron chi connectivity index (χ4n) is 1.61. The highest BCUT2D eigenvalue weighted by molar-refractivity contribution is 6.30. The molecule has 2 nitrogen and oxygen atoms in total. The fraction of sp³-hybridized carbons (Fsp3) is 0.143. The molecule has 94 valence electrons. The first-order valence-corrected chi connectivity index (χ1v) is 5.93. The van der Waals surface area contributed by atoms with Crippen LogP contribution in [0.15, 0.2) is 42.5 Å². The highest BCUT2D eigenvalue weighted by Crippen LogP contribution is 2.31. The molecule has 2 rings (SSSR count). The van der Waals surface area contributed by atoms with Gasteiger partial charge < -0.3 is 10.5 Å². The van der Waals surface area contributed by atoms with Crippen LogP contribution in [0.4, 0.5) is 4.39 Å². The maximum absolute atomic E-state index is 13.8. The summed E-state index contributed by atoms with van der Waals surface area (Å²) in [6, 6.07) is 11.1. The maximum atomic E-state index is 13.8. The van der Waals surface area contributed by atoms with Gasteiger partial charge in [0.2, 0.25) is 0 Å². The molecule has 0 fully saturated rings. The number of para-hydroxylation sites is 1. The molecule has 0 aliphatic carbocycles. The van der Waals surface area contributed by atoms with Crippen molar-refractivity contribution >= 4 is 11.6 Å². The van der Waals surface area contributed by atoms with Crippen LogP contribution >= 0.6 is 11.6 Å². The van der Waals surface area contributed by atoms with Crippen LogP contribution in [0.5, 0.6) is 11.5 Å². The van der Waals surface area contributed by atoms with Crippen LogP contribution < -0.4 is 10.5 Å². The molecule has 2 N–H and O–H groups in total. The van der Waals surface area contributed by atoms with Gasteiger partial charge in [-0.05, 0) is 37.3 Å². The standard InChI is InChI=1S/C14H13ClFNO/c1-9(17)12-3-2-4-13(16)14(12)18-11-7-5-10(15)6-8-11/h2-9H,17H2,1H3. The Balaban J connectivity index is 2.36. The summed E-state index contributed by atoms with van der Waals surface area (Å²) in [5.41, 5.74) is 6.42. The van der Waals surface area contributed by atoms with Gasteiger partial charge in [-0.3, -0.25) is 0 Å². The Hall–Kier alpha value is -1.58. The van der Waals surface area contributed by atoms with E-state index in [1.807, 2.05) is 0 Å². The lowest BCUT2D eigenvalue weighted by molar-refractivity contribution is 0.432. The average Bonchev–Trinajstić information content (AvgIpc) is 2.34. The highest BCUT2D eigenvalue weighted by Gasteiger charge is 2.13. The third kappa shape index (κ3) is 2.81. The Labute approximate surface area is 110 Å². The van der Waals surface area contributed by atoms with Gasteiger partial charge in [-0.2, -0.15) is 0 Å². The summed E-state index contributed by atoms with van der Waals surface area (Å²) in [4.78, 5) is 0. The first kappa shape index (κ1) is 12.9. The van der Waals surface area contributed by atoms with Crippen molar-refractivity contribution in [1.82, 2.24) is 0 Å². The number of halogens is 2. The van der Waals surface area contributed by atoms with Gasteiger partial charge in [-0.1, -0.05) is 23.7 Å². The van der Waals surface area contributed by atoms with E-state index < -0.39 is 5.82 Å². The fourth-order valence-corrected chi connectivity index (χ4v) is 1.74.